The highest BCUT2D eigenvalue weighted by molar-refractivity contribution is 5.78. The molecule has 3 heteroatoms. The number of hydrogen-bond donors (Lipinski definition) is 1. The second-order valence-electron chi connectivity index (χ2n) is 4.46. The first-order chi connectivity index (χ1) is 7.72. The number of fused-ring (bicyclic) bond motifs is 1. The van der Waals surface area contributed by atoms with Gasteiger partial charge >= 0.3 is 0 Å². The molecule has 3 nitrogen and oxygen atoms in total. The molecule has 1 N–H and O–H groups in total. The molecule has 0 aliphatic heterocycles. The van der Waals surface area contributed by atoms with E-state index in [0.717, 1.165) is 24.6 Å². The van der Waals surface area contributed by atoms with Crippen LogP contribution in [0.5, 0.6) is 0 Å². The van der Waals surface area contributed by atoms with E-state index in [2.05, 4.69) is 53.8 Å². The van der Waals surface area contributed by atoms with Crippen LogP contribution in [0.2, 0.25) is 0 Å². The second kappa shape index (κ2) is 4.56. The molecule has 1 heterocycles. The van der Waals surface area contributed by atoms with Crippen LogP contribution >= 0.6 is 0 Å². The Morgan fingerprint density at radius 2 is 2.06 bits per heavy atom. The number of para-hydroxylation sites is 2. The van der Waals surface area contributed by atoms with Crippen LogP contribution in [0, 0.1) is 5.92 Å². The van der Waals surface area contributed by atoms with Gasteiger partial charge in [0.15, 0.2) is 0 Å². The van der Waals surface area contributed by atoms with Gasteiger partial charge in [-0.05, 0) is 25.0 Å². The van der Waals surface area contributed by atoms with Gasteiger partial charge in [-0.25, -0.2) is 4.98 Å². The van der Waals surface area contributed by atoms with Crippen molar-refractivity contribution in [2.45, 2.75) is 27.3 Å². The number of benzene rings is 1. The molecule has 2 rings (SSSR count). The van der Waals surface area contributed by atoms with Crippen molar-refractivity contribution in [2.24, 2.45) is 5.92 Å². The molecule has 86 valence electrons. The topological polar surface area (TPSA) is 29.9 Å². The van der Waals surface area contributed by atoms with Gasteiger partial charge in [-0.15, -0.1) is 0 Å². The van der Waals surface area contributed by atoms with Gasteiger partial charge in [0.2, 0.25) is 5.95 Å². The van der Waals surface area contributed by atoms with Crippen molar-refractivity contribution in [2.75, 3.05) is 11.9 Å². The molecule has 0 saturated carbocycles. The van der Waals surface area contributed by atoms with Gasteiger partial charge in [-0.2, -0.15) is 0 Å². The standard InChI is InChI=1S/C13H19N3/c1-4-14-13-15-11-7-5-6-8-12(11)16(13)9-10(2)3/h5-8,10H,4,9H2,1-3H3,(H,14,15). The molecule has 0 amide bonds. The minimum atomic E-state index is 0.620. The van der Waals surface area contributed by atoms with Gasteiger partial charge in [-0.1, -0.05) is 26.0 Å². The molecule has 2 aromatic rings. The number of anilines is 1. The summed E-state index contributed by atoms with van der Waals surface area (Å²) in [7, 11) is 0. The lowest BCUT2D eigenvalue weighted by atomic mass is 10.2. The third-order valence-corrected chi connectivity index (χ3v) is 2.54. The number of nitrogens with one attached hydrogen (secondary N) is 1. The average molecular weight is 217 g/mol. The van der Waals surface area contributed by atoms with Crippen molar-refractivity contribution >= 4 is 17.0 Å². The average Bonchev–Trinajstić information content (AvgIpc) is 2.57. The first-order valence-corrected chi connectivity index (χ1v) is 5.91. The molecule has 0 saturated heterocycles. The van der Waals surface area contributed by atoms with Crippen LogP contribution in [0.25, 0.3) is 11.0 Å². The van der Waals surface area contributed by atoms with Crippen molar-refractivity contribution in [3.05, 3.63) is 24.3 Å². The van der Waals surface area contributed by atoms with Crippen LogP contribution in [-0.2, 0) is 6.54 Å². The van der Waals surface area contributed by atoms with Gasteiger partial charge in [0.05, 0.1) is 11.0 Å². The zero-order valence-corrected chi connectivity index (χ0v) is 10.2. The molecule has 0 spiro atoms. The van der Waals surface area contributed by atoms with E-state index in [0.29, 0.717) is 5.92 Å². The van der Waals surface area contributed by atoms with Crippen molar-refractivity contribution in [1.82, 2.24) is 9.55 Å². The maximum absolute atomic E-state index is 4.61. The SMILES string of the molecule is CCNc1nc2ccccc2n1CC(C)C. The van der Waals surface area contributed by atoms with Gasteiger partial charge in [0.1, 0.15) is 0 Å². The lowest BCUT2D eigenvalue weighted by molar-refractivity contribution is 0.536. The van der Waals surface area contributed by atoms with Gasteiger partial charge < -0.3 is 9.88 Å². The van der Waals surface area contributed by atoms with Crippen molar-refractivity contribution < 1.29 is 0 Å². The summed E-state index contributed by atoms with van der Waals surface area (Å²) in [5.41, 5.74) is 2.28. The molecule has 0 bridgehead atoms. The molecule has 16 heavy (non-hydrogen) atoms. The highest BCUT2D eigenvalue weighted by atomic mass is 15.2. The Labute approximate surface area is 96.5 Å². The molecule has 0 aliphatic carbocycles. The maximum atomic E-state index is 4.61. The molecular formula is C13H19N3. The summed E-state index contributed by atoms with van der Waals surface area (Å²) in [4.78, 5) is 4.61. The number of rotatable bonds is 4. The summed E-state index contributed by atoms with van der Waals surface area (Å²) in [5, 5.41) is 3.32. The van der Waals surface area contributed by atoms with Crippen LogP contribution in [0.3, 0.4) is 0 Å². The summed E-state index contributed by atoms with van der Waals surface area (Å²) >= 11 is 0. The fourth-order valence-electron chi connectivity index (χ4n) is 1.92. The summed E-state index contributed by atoms with van der Waals surface area (Å²) in [5.74, 6) is 1.60. The first kappa shape index (κ1) is 11.0. The number of hydrogen-bond acceptors (Lipinski definition) is 2. The minimum absolute atomic E-state index is 0.620. The predicted octanol–water partition coefficient (Wildman–Crippen LogP) is 3.12. The summed E-state index contributed by atoms with van der Waals surface area (Å²) in [6.07, 6.45) is 0. The zero-order valence-electron chi connectivity index (χ0n) is 10.2. The predicted molar refractivity (Wildman–Crippen MR) is 68.7 cm³/mol. The van der Waals surface area contributed by atoms with E-state index in [1.807, 2.05) is 6.07 Å². The molecule has 0 aliphatic rings. The molecular weight excluding hydrogens is 198 g/mol. The van der Waals surface area contributed by atoms with Crippen molar-refractivity contribution in [3.8, 4) is 0 Å². The Bertz CT molecular complexity index is 471. The Kier molecular flexibility index (Phi) is 3.13. The fourth-order valence-corrected chi connectivity index (χ4v) is 1.92. The molecule has 1 aromatic heterocycles. The lowest BCUT2D eigenvalue weighted by Gasteiger charge is -2.11. The molecule has 0 fully saturated rings. The Morgan fingerprint density at radius 1 is 1.31 bits per heavy atom. The summed E-state index contributed by atoms with van der Waals surface area (Å²) in [6, 6.07) is 8.29. The van der Waals surface area contributed by atoms with E-state index < -0.39 is 0 Å². The number of aromatic nitrogens is 2. The van der Waals surface area contributed by atoms with Gasteiger partial charge in [0.25, 0.3) is 0 Å². The number of nitrogens with zero attached hydrogens (tertiary/aromatic N) is 2. The van der Waals surface area contributed by atoms with E-state index in [1.165, 1.54) is 5.52 Å². The first-order valence-electron chi connectivity index (χ1n) is 5.91. The minimum Gasteiger partial charge on any atom is -0.356 e. The highest BCUT2D eigenvalue weighted by Gasteiger charge is 2.10. The van der Waals surface area contributed by atoms with Crippen molar-refractivity contribution in [1.29, 1.82) is 0 Å². The van der Waals surface area contributed by atoms with Crippen LogP contribution in [0.4, 0.5) is 5.95 Å². The number of imidazole rings is 1. The Morgan fingerprint density at radius 3 is 2.75 bits per heavy atom. The van der Waals surface area contributed by atoms with E-state index in [9.17, 15) is 0 Å². The lowest BCUT2D eigenvalue weighted by Crippen LogP contribution is -2.10. The largest absolute Gasteiger partial charge is 0.356 e. The van der Waals surface area contributed by atoms with Crippen LogP contribution in [0.1, 0.15) is 20.8 Å². The maximum Gasteiger partial charge on any atom is 0.203 e. The zero-order chi connectivity index (χ0) is 11.5. The van der Waals surface area contributed by atoms with Gasteiger partial charge in [0, 0.05) is 13.1 Å². The Hall–Kier alpha value is -1.51. The highest BCUT2D eigenvalue weighted by Crippen LogP contribution is 2.20. The van der Waals surface area contributed by atoms with E-state index >= 15 is 0 Å². The van der Waals surface area contributed by atoms with Crippen LogP contribution in [0.15, 0.2) is 24.3 Å². The monoisotopic (exact) mass is 217 g/mol. The van der Waals surface area contributed by atoms with Crippen LogP contribution < -0.4 is 5.32 Å². The second-order valence-corrected chi connectivity index (χ2v) is 4.46. The quantitative estimate of drug-likeness (QED) is 0.852. The van der Waals surface area contributed by atoms with E-state index in [4.69, 9.17) is 0 Å². The third-order valence-electron chi connectivity index (χ3n) is 2.54. The summed E-state index contributed by atoms with van der Waals surface area (Å²) < 4.78 is 2.27. The molecule has 0 radical (unpaired) electrons. The van der Waals surface area contributed by atoms with Crippen LogP contribution in [-0.4, -0.2) is 16.1 Å². The van der Waals surface area contributed by atoms with E-state index in [-0.39, 0.29) is 0 Å². The van der Waals surface area contributed by atoms with E-state index in [1.54, 1.807) is 0 Å². The smallest absolute Gasteiger partial charge is 0.203 e. The molecule has 0 atom stereocenters. The third kappa shape index (κ3) is 2.03. The normalized spacial score (nSPS) is 11.2. The molecule has 0 unspecified atom stereocenters. The van der Waals surface area contributed by atoms with Crippen molar-refractivity contribution in [3.63, 3.8) is 0 Å². The fraction of sp³-hybridized carbons (Fsp3) is 0.462. The summed E-state index contributed by atoms with van der Waals surface area (Å²) in [6.45, 7) is 8.46. The molecule has 1 aromatic carbocycles. The van der Waals surface area contributed by atoms with Gasteiger partial charge in [-0.3, -0.25) is 0 Å². The Balaban J connectivity index is 2.50.